The summed E-state index contributed by atoms with van der Waals surface area (Å²) in [6, 6.07) is 0. The molecule has 0 saturated carbocycles. The van der Waals surface area contributed by atoms with Crippen LogP contribution in [-0.2, 0) is 17.1 Å². The number of hydrogen-bond donors (Lipinski definition) is 0. The quantitative estimate of drug-likeness (QED) is 0.288. The molecule has 47 valence electrons. The smallest absolute Gasteiger partial charge is 0.134 e. The first-order valence-electron chi connectivity index (χ1n) is 1.43. The standard InChI is InChI=1S/C3H2N2S2.Cu/c4-1-6-3-7-2-5;/h3H2;. The predicted molar refractivity (Wildman–Crippen MR) is 31.3 cm³/mol. The minimum Gasteiger partial charge on any atom is -0.185 e. The van der Waals surface area contributed by atoms with E-state index in [2.05, 4.69) is 0 Å². The van der Waals surface area contributed by atoms with E-state index >= 15 is 0 Å². The van der Waals surface area contributed by atoms with Crippen LogP contribution in [0, 0.1) is 21.3 Å². The van der Waals surface area contributed by atoms with Gasteiger partial charge in [0.05, 0.1) is 5.08 Å². The first kappa shape index (κ1) is 11.1. The van der Waals surface area contributed by atoms with E-state index in [1.54, 1.807) is 0 Å². The van der Waals surface area contributed by atoms with Crippen LogP contribution in [-0.4, -0.2) is 5.08 Å². The molecule has 0 aromatic carbocycles. The zero-order chi connectivity index (χ0) is 5.54. The summed E-state index contributed by atoms with van der Waals surface area (Å²) >= 11 is 2.16. The molecule has 5 heteroatoms. The van der Waals surface area contributed by atoms with Crippen LogP contribution in [0.4, 0.5) is 0 Å². The maximum atomic E-state index is 7.88. The molecule has 0 aliphatic heterocycles. The van der Waals surface area contributed by atoms with Crippen molar-refractivity contribution >= 4 is 23.5 Å². The average Bonchev–Trinajstić information content (AvgIpc) is 1.69. The minimum absolute atomic E-state index is 0. The molecule has 0 aliphatic rings. The maximum Gasteiger partial charge on any atom is 0.134 e. The summed E-state index contributed by atoms with van der Waals surface area (Å²) in [4.78, 5) is 0. The van der Waals surface area contributed by atoms with E-state index in [1.807, 2.05) is 10.8 Å². The van der Waals surface area contributed by atoms with Crippen molar-refractivity contribution in [2.45, 2.75) is 0 Å². The Kier molecular flexibility index (Phi) is 14.1. The molecule has 0 rings (SSSR count). The van der Waals surface area contributed by atoms with E-state index in [4.69, 9.17) is 10.5 Å². The van der Waals surface area contributed by atoms with Crippen LogP contribution in [0.1, 0.15) is 0 Å². The number of rotatable bonds is 2. The van der Waals surface area contributed by atoms with Gasteiger partial charge in [-0.1, -0.05) is 0 Å². The van der Waals surface area contributed by atoms with Gasteiger partial charge in [-0.15, -0.1) is 0 Å². The molecule has 0 N–H and O–H groups in total. The fraction of sp³-hybridized carbons (Fsp3) is 0.333. The Morgan fingerprint density at radius 1 is 1.12 bits per heavy atom. The Hall–Kier alpha value is 0.199. The summed E-state index contributed by atoms with van der Waals surface area (Å²) in [6.07, 6.45) is 0. The zero-order valence-corrected chi connectivity index (χ0v) is 6.29. The number of hydrogen-bond acceptors (Lipinski definition) is 4. The molecular formula is C3H2CuN2S2. The van der Waals surface area contributed by atoms with E-state index < -0.39 is 0 Å². The van der Waals surface area contributed by atoms with Crippen molar-refractivity contribution in [2.75, 3.05) is 5.08 Å². The monoisotopic (exact) mass is 193 g/mol. The van der Waals surface area contributed by atoms with Crippen molar-refractivity contribution in [3.8, 4) is 10.8 Å². The van der Waals surface area contributed by atoms with Gasteiger partial charge >= 0.3 is 0 Å². The van der Waals surface area contributed by atoms with Crippen LogP contribution in [0.3, 0.4) is 0 Å². The van der Waals surface area contributed by atoms with Gasteiger partial charge < -0.3 is 0 Å². The third kappa shape index (κ3) is 9.50. The maximum absolute atomic E-state index is 7.88. The van der Waals surface area contributed by atoms with E-state index in [0.717, 1.165) is 23.5 Å². The molecule has 0 aliphatic carbocycles. The molecule has 0 aromatic rings. The number of nitriles is 2. The SMILES string of the molecule is N#CSCSC#N.[Cu]. The summed E-state index contributed by atoms with van der Waals surface area (Å²) in [5.41, 5.74) is 0. The van der Waals surface area contributed by atoms with Gasteiger partial charge in [-0.25, -0.2) is 0 Å². The van der Waals surface area contributed by atoms with Crippen LogP contribution < -0.4 is 0 Å². The van der Waals surface area contributed by atoms with Crippen LogP contribution in [0.5, 0.6) is 0 Å². The Morgan fingerprint density at radius 2 is 1.50 bits per heavy atom. The molecule has 0 atom stereocenters. The Balaban J connectivity index is 0. The third-order valence-corrected chi connectivity index (χ3v) is 1.45. The molecule has 0 saturated heterocycles. The average molecular weight is 194 g/mol. The summed E-state index contributed by atoms with van der Waals surface area (Å²) in [5, 5.41) is 20.0. The van der Waals surface area contributed by atoms with Crippen LogP contribution in [0.2, 0.25) is 0 Å². The van der Waals surface area contributed by atoms with Gasteiger partial charge in [-0.05, 0) is 23.5 Å². The molecule has 0 aromatic heterocycles. The predicted octanol–water partition coefficient (Wildman–Crippen LogP) is 1.37. The second-order valence-corrected chi connectivity index (χ2v) is 2.47. The van der Waals surface area contributed by atoms with Gasteiger partial charge in [0.25, 0.3) is 0 Å². The molecule has 0 heterocycles. The molecule has 0 bridgehead atoms. The fourth-order valence-corrected chi connectivity index (χ4v) is 0.740. The first-order valence-corrected chi connectivity index (χ1v) is 3.40. The summed E-state index contributed by atoms with van der Waals surface area (Å²) in [7, 11) is 0. The van der Waals surface area contributed by atoms with Gasteiger partial charge in [-0.3, -0.25) is 0 Å². The van der Waals surface area contributed by atoms with Crippen molar-refractivity contribution in [3.05, 3.63) is 0 Å². The normalized spacial score (nSPS) is 5.75. The van der Waals surface area contributed by atoms with Crippen LogP contribution in [0.15, 0.2) is 0 Å². The van der Waals surface area contributed by atoms with Crippen molar-refractivity contribution in [3.63, 3.8) is 0 Å². The molecule has 2 nitrogen and oxygen atoms in total. The van der Waals surface area contributed by atoms with Crippen LogP contribution >= 0.6 is 23.5 Å². The van der Waals surface area contributed by atoms with Gasteiger partial charge in [-0.2, -0.15) is 10.5 Å². The van der Waals surface area contributed by atoms with Crippen molar-refractivity contribution in [1.29, 1.82) is 10.5 Å². The molecule has 0 fully saturated rings. The fourth-order valence-electron chi connectivity index (χ4n) is 0.0822. The first-order chi connectivity index (χ1) is 3.41. The second kappa shape index (κ2) is 10.2. The second-order valence-electron chi connectivity index (χ2n) is 0.589. The largest absolute Gasteiger partial charge is 0.185 e. The minimum atomic E-state index is 0. The topological polar surface area (TPSA) is 47.6 Å². The van der Waals surface area contributed by atoms with Gasteiger partial charge in [0, 0.05) is 17.1 Å². The van der Waals surface area contributed by atoms with Gasteiger partial charge in [0.2, 0.25) is 0 Å². The van der Waals surface area contributed by atoms with E-state index in [0.29, 0.717) is 5.08 Å². The third-order valence-electron chi connectivity index (χ3n) is 0.247. The number of thioether (sulfide) groups is 2. The molecule has 0 amide bonds. The van der Waals surface area contributed by atoms with E-state index in [9.17, 15) is 0 Å². The molecule has 1 radical (unpaired) electrons. The van der Waals surface area contributed by atoms with E-state index in [-0.39, 0.29) is 17.1 Å². The van der Waals surface area contributed by atoms with E-state index in [1.165, 1.54) is 0 Å². The van der Waals surface area contributed by atoms with Gasteiger partial charge in [0.1, 0.15) is 10.8 Å². The molecular weight excluding hydrogens is 192 g/mol. The number of thiocyanates is 2. The molecule has 0 unspecified atom stereocenters. The van der Waals surface area contributed by atoms with Crippen molar-refractivity contribution in [1.82, 2.24) is 0 Å². The van der Waals surface area contributed by atoms with Crippen LogP contribution in [0.25, 0.3) is 0 Å². The van der Waals surface area contributed by atoms with Crippen molar-refractivity contribution in [2.24, 2.45) is 0 Å². The summed E-state index contributed by atoms with van der Waals surface area (Å²) in [6.45, 7) is 0. The summed E-state index contributed by atoms with van der Waals surface area (Å²) in [5.74, 6) is 0. The Labute approximate surface area is 67.1 Å². The zero-order valence-electron chi connectivity index (χ0n) is 3.72. The summed E-state index contributed by atoms with van der Waals surface area (Å²) < 4.78 is 0. The Bertz CT molecular complexity index is 99.4. The van der Waals surface area contributed by atoms with Crippen molar-refractivity contribution < 1.29 is 17.1 Å². The Morgan fingerprint density at radius 3 is 1.75 bits per heavy atom. The molecule has 8 heavy (non-hydrogen) atoms. The number of nitrogens with zero attached hydrogens (tertiary/aromatic N) is 2. The molecule has 0 spiro atoms. The van der Waals surface area contributed by atoms with Gasteiger partial charge in [0.15, 0.2) is 0 Å².